The van der Waals surface area contributed by atoms with Gasteiger partial charge in [-0.25, -0.2) is 13.6 Å². The van der Waals surface area contributed by atoms with Crippen LogP contribution in [0.25, 0.3) is 0 Å². The number of nitrogens with one attached hydrogen (secondary N) is 1. The molecule has 112 valence electrons. The molecule has 8 heteroatoms. The standard InChI is InChI=1S/C13H11F2NO5/c14-8-3-6(21-5-11(18)19)4-9(15)12(8)7-1-2-10(17)16-13(7)20/h3-4,7H,1-2,5H2,(H,18,19)(H,16,17,20)/t7-/m1/s1. The quantitative estimate of drug-likeness (QED) is 0.807. The van der Waals surface area contributed by atoms with Gasteiger partial charge >= 0.3 is 5.97 Å². The molecule has 1 aliphatic rings. The Kier molecular flexibility index (Phi) is 4.15. The number of carboxylic acid groups (broad SMARTS) is 1. The number of aliphatic carboxylic acids is 1. The van der Waals surface area contributed by atoms with Gasteiger partial charge in [-0.1, -0.05) is 0 Å². The van der Waals surface area contributed by atoms with Gasteiger partial charge in [-0.3, -0.25) is 14.9 Å². The van der Waals surface area contributed by atoms with Crippen molar-refractivity contribution >= 4 is 17.8 Å². The van der Waals surface area contributed by atoms with Crippen molar-refractivity contribution in [1.29, 1.82) is 0 Å². The minimum Gasteiger partial charge on any atom is -0.482 e. The Balaban J connectivity index is 2.26. The Morgan fingerprint density at radius 1 is 1.33 bits per heavy atom. The van der Waals surface area contributed by atoms with Crippen LogP contribution in [0.3, 0.4) is 0 Å². The summed E-state index contributed by atoms with van der Waals surface area (Å²) in [4.78, 5) is 33.0. The molecule has 2 N–H and O–H groups in total. The zero-order valence-electron chi connectivity index (χ0n) is 10.7. The van der Waals surface area contributed by atoms with Crippen LogP contribution in [0.4, 0.5) is 8.78 Å². The van der Waals surface area contributed by atoms with Crippen LogP contribution in [0, 0.1) is 11.6 Å². The van der Waals surface area contributed by atoms with Crippen LogP contribution in [0.2, 0.25) is 0 Å². The second-order valence-electron chi connectivity index (χ2n) is 4.49. The van der Waals surface area contributed by atoms with E-state index >= 15 is 0 Å². The topological polar surface area (TPSA) is 92.7 Å². The second-order valence-corrected chi connectivity index (χ2v) is 4.49. The highest BCUT2D eigenvalue weighted by Gasteiger charge is 2.32. The lowest BCUT2D eigenvalue weighted by molar-refractivity contribution is -0.139. The minimum atomic E-state index is -1.29. The van der Waals surface area contributed by atoms with Gasteiger partial charge in [-0.2, -0.15) is 0 Å². The van der Waals surface area contributed by atoms with Crippen molar-refractivity contribution in [3.05, 3.63) is 29.3 Å². The molecule has 1 saturated heterocycles. The Labute approximate surface area is 117 Å². The lowest BCUT2D eigenvalue weighted by Crippen LogP contribution is -2.40. The van der Waals surface area contributed by atoms with E-state index in [-0.39, 0.29) is 18.6 Å². The molecule has 2 rings (SSSR count). The van der Waals surface area contributed by atoms with Gasteiger partial charge in [0.15, 0.2) is 6.61 Å². The fourth-order valence-electron chi connectivity index (χ4n) is 2.09. The minimum absolute atomic E-state index is 0.00739. The molecule has 0 bridgehead atoms. The molecule has 2 amide bonds. The monoisotopic (exact) mass is 299 g/mol. The summed E-state index contributed by atoms with van der Waals surface area (Å²) in [5.74, 6) is -5.97. The van der Waals surface area contributed by atoms with E-state index in [2.05, 4.69) is 4.74 Å². The summed E-state index contributed by atoms with van der Waals surface area (Å²) in [7, 11) is 0. The predicted octanol–water partition coefficient (Wildman–Crippen LogP) is 0.948. The molecule has 1 atom stereocenters. The number of imide groups is 1. The average molecular weight is 299 g/mol. The van der Waals surface area contributed by atoms with Gasteiger partial charge in [0.25, 0.3) is 0 Å². The molecule has 0 unspecified atom stereocenters. The van der Waals surface area contributed by atoms with Crippen molar-refractivity contribution in [3.8, 4) is 5.75 Å². The van der Waals surface area contributed by atoms with Gasteiger partial charge in [0.05, 0.1) is 5.92 Å². The van der Waals surface area contributed by atoms with E-state index in [1.807, 2.05) is 5.32 Å². The zero-order valence-corrected chi connectivity index (χ0v) is 10.7. The molecule has 0 radical (unpaired) electrons. The summed E-state index contributed by atoms with van der Waals surface area (Å²) < 4.78 is 32.6. The van der Waals surface area contributed by atoms with Crippen LogP contribution in [-0.2, 0) is 14.4 Å². The predicted molar refractivity (Wildman–Crippen MR) is 64.6 cm³/mol. The van der Waals surface area contributed by atoms with Crippen LogP contribution in [0.5, 0.6) is 5.75 Å². The van der Waals surface area contributed by atoms with Crippen molar-refractivity contribution < 1.29 is 33.0 Å². The first-order valence-corrected chi connectivity index (χ1v) is 6.05. The molecule has 0 spiro atoms. The van der Waals surface area contributed by atoms with Crippen molar-refractivity contribution in [1.82, 2.24) is 5.32 Å². The summed E-state index contributed by atoms with van der Waals surface area (Å²) in [6.07, 6.45) is 0.000386. The number of carboxylic acids is 1. The number of halogens is 2. The highest BCUT2D eigenvalue weighted by atomic mass is 19.1. The molecule has 0 saturated carbocycles. The molecule has 6 nitrogen and oxygen atoms in total. The molecule has 1 aromatic carbocycles. The van der Waals surface area contributed by atoms with E-state index < -0.39 is 47.5 Å². The number of amides is 2. The highest BCUT2D eigenvalue weighted by molar-refractivity contribution is 6.01. The summed E-state index contributed by atoms with van der Waals surface area (Å²) in [5.41, 5.74) is -0.456. The van der Waals surface area contributed by atoms with Gasteiger partial charge in [0.1, 0.15) is 17.4 Å². The normalized spacial score (nSPS) is 18.3. The molecule has 1 heterocycles. The number of hydrogen-bond acceptors (Lipinski definition) is 4. The van der Waals surface area contributed by atoms with Crippen LogP contribution in [-0.4, -0.2) is 29.5 Å². The van der Waals surface area contributed by atoms with Crippen molar-refractivity contribution in [2.45, 2.75) is 18.8 Å². The Hall–Kier alpha value is -2.51. The van der Waals surface area contributed by atoms with Gasteiger partial charge in [0.2, 0.25) is 11.8 Å². The Morgan fingerprint density at radius 3 is 2.48 bits per heavy atom. The number of piperidine rings is 1. The van der Waals surface area contributed by atoms with E-state index in [0.717, 1.165) is 12.1 Å². The Bertz CT molecular complexity index is 594. The largest absolute Gasteiger partial charge is 0.482 e. The first-order chi connectivity index (χ1) is 9.88. The second kappa shape index (κ2) is 5.86. The van der Waals surface area contributed by atoms with E-state index in [1.54, 1.807) is 0 Å². The number of carbonyl (C=O) groups is 3. The Morgan fingerprint density at radius 2 is 1.95 bits per heavy atom. The number of hydrogen-bond donors (Lipinski definition) is 2. The molecule has 1 aromatic rings. The van der Waals surface area contributed by atoms with Crippen molar-refractivity contribution in [3.63, 3.8) is 0 Å². The fourth-order valence-corrected chi connectivity index (χ4v) is 2.09. The van der Waals surface area contributed by atoms with Crippen LogP contribution >= 0.6 is 0 Å². The molecule has 0 aliphatic carbocycles. The van der Waals surface area contributed by atoms with Gasteiger partial charge in [-0.15, -0.1) is 0 Å². The fraction of sp³-hybridized carbons (Fsp3) is 0.308. The molecule has 1 fully saturated rings. The number of carbonyl (C=O) groups excluding carboxylic acids is 2. The smallest absolute Gasteiger partial charge is 0.341 e. The highest BCUT2D eigenvalue weighted by Crippen LogP contribution is 2.31. The average Bonchev–Trinajstić information content (AvgIpc) is 2.38. The maximum atomic E-state index is 14.0. The van der Waals surface area contributed by atoms with Crippen LogP contribution in [0.1, 0.15) is 24.3 Å². The lowest BCUT2D eigenvalue weighted by Gasteiger charge is -2.22. The van der Waals surface area contributed by atoms with E-state index in [0.29, 0.717) is 0 Å². The third-order valence-corrected chi connectivity index (χ3v) is 3.00. The molecule has 21 heavy (non-hydrogen) atoms. The van der Waals surface area contributed by atoms with Gasteiger partial charge in [0, 0.05) is 24.1 Å². The van der Waals surface area contributed by atoms with Gasteiger partial charge < -0.3 is 9.84 Å². The summed E-state index contributed by atoms with van der Waals surface area (Å²) in [6, 6.07) is 1.62. The SMILES string of the molecule is O=C(O)COc1cc(F)c([C@H]2CCC(=O)NC2=O)c(F)c1. The van der Waals surface area contributed by atoms with Crippen LogP contribution < -0.4 is 10.1 Å². The number of benzene rings is 1. The lowest BCUT2D eigenvalue weighted by atomic mass is 9.89. The molecule has 0 aromatic heterocycles. The summed E-state index contributed by atoms with van der Waals surface area (Å²) in [5, 5.41) is 10.5. The molecule has 1 aliphatic heterocycles. The maximum absolute atomic E-state index is 14.0. The van der Waals surface area contributed by atoms with Crippen LogP contribution in [0.15, 0.2) is 12.1 Å². The van der Waals surface area contributed by atoms with E-state index in [1.165, 1.54) is 0 Å². The maximum Gasteiger partial charge on any atom is 0.341 e. The van der Waals surface area contributed by atoms with Crippen molar-refractivity contribution in [2.75, 3.05) is 6.61 Å². The van der Waals surface area contributed by atoms with Crippen molar-refractivity contribution in [2.24, 2.45) is 0 Å². The summed E-state index contributed by atoms with van der Waals surface area (Å²) in [6.45, 7) is -0.739. The van der Waals surface area contributed by atoms with Gasteiger partial charge in [-0.05, 0) is 6.42 Å². The molecular formula is C13H11F2NO5. The number of ether oxygens (including phenoxy) is 1. The van der Waals surface area contributed by atoms with E-state index in [4.69, 9.17) is 5.11 Å². The third kappa shape index (κ3) is 3.33. The third-order valence-electron chi connectivity index (χ3n) is 3.00. The van der Waals surface area contributed by atoms with E-state index in [9.17, 15) is 23.2 Å². The summed E-state index contributed by atoms with van der Waals surface area (Å²) >= 11 is 0. The first kappa shape index (κ1) is 14.9. The first-order valence-electron chi connectivity index (χ1n) is 6.05. The number of rotatable bonds is 4. The zero-order chi connectivity index (χ0) is 15.6. The molecular weight excluding hydrogens is 288 g/mol.